The van der Waals surface area contributed by atoms with E-state index in [0.29, 0.717) is 34.8 Å². The van der Waals surface area contributed by atoms with Crippen molar-refractivity contribution < 1.29 is 19.1 Å². The van der Waals surface area contributed by atoms with Crippen molar-refractivity contribution in [3.63, 3.8) is 0 Å². The number of ether oxygens (including phenoxy) is 2. The van der Waals surface area contributed by atoms with Crippen molar-refractivity contribution in [1.82, 2.24) is 0 Å². The summed E-state index contributed by atoms with van der Waals surface area (Å²) >= 11 is 0. The second-order valence-corrected chi connectivity index (χ2v) is 7.98. The summed E-state index contributed by atoms with van der Waals surface area (Å²) in [5.74, 6) is 1.27. The predicted molar refractivity (Wildman–Crippen MR) is 109 cm³/mol. The van der Waals surface area contributed by atoms with Gasteiger partial charge in [0.15, 0.2) is 0 Å². The van der Waals surface area contributed by atoms with Crippen LogP contribution in [0.3, 0.4) is 0 Å². The first-order chi connectivity index (χ1) is 13.3. The Bertz CT molecular complexity index is 1050. The van der Waals surface area contributed by atoms with Gasteiger partial charge in [0.2, 0.25) is 0 Å². The molecule has 0 saturated heterocycles. The second kappa shape index (κ2) is 6.62. The van der Waals surface area contributed by atoms with E-state index in [1.807, 2.05) is 25.1 Å². The van der Waals surface area contributed by atoms with Gasteiger partial charge >= 0.3 is 11.9 Å². The highest BCUT2D eigenvalue weighted by Gasteiger charge is 2.48. The highest BCUT2D eigenvalue weighted by molar-refractivity contribution is 6.02. The van der Waals surface area contributed by atoms with Crippen LogP contribution in [0.4, 0.5) is 0 Å². The molecule has 3 atom stereocenters. The first-order valence-electron chi connectivity index (χ1n) is 9.65. The van der Waals surface area contributed by atoms with Crippen molar-refractivity contribution in [2.24, 2.45) is 5.92 Å². The number of hydrogen-bond acceptors (Lipinski definition) is 4. The highest BCUT2D eigenvalue weighted by atomic mass is 16.5. The Labute approximate surface area is 164 Å². The number of rotatable bonds is 4. The molecule has 0 N–H and O–H groups in total. The molecule has 1 saturated carbocycles. The average molecular weight is 376 g/mol. The van der Waals surface area contributed by atoms with Gasteiger partial charge in [-0.15, -0.1) is 0 Å². The lowest BCUT2D eigenvalue weighted by Crippen LogP contribution is -2.14. The molecule has 0 radical (unpaired) electrons. The molecule has 4 rings (SSSR count). The van der Waals surface area contributed by atoms with Gasteiger partial charge in [-0.2, -0.15) is 0 Å². The maximum atomic E-state index is 12.4. The van der Waals surface area contributed by atoms with Crippen LogP contribution in [0.2, 0.25) is 0 Å². The van der Waals surface area contributed by atoms with E-state index in [1.54, 1.807) is 6.92 Å². The lowest BCUT2D eigenvalue weighted by Gasteiger charge is -2.24. The van der Waals surface area contributed by atoms with Gasteiger partial charge in [-0.1, -0.05) is 37.8 Å². The molecule has 0 heterocycles. The summed E-state index contributed by atoms with van der Waals surface area (Å²) in [6.45, 7) is 13.1. The third-order valence-corrected chi connectivity index (χ3v) is 6.16. The highest BCUT2D eigenvalue weighted by Crippen LogP contribution is 2.63. The number of carbonyl (C=O) groups excluding carboxylic acids is 2. The molecule has 28 heavy (non-hydrogen) atoms. The molecule has 4 heteroatoms. The van der Waals surface area contributed by atoms with Crippen molar-refractivity contribution in [1.29, 1.82) is 0 Å². The van der Waals surface area contributed by atoms with Crippen molar-refractivity contribution >= 4 is 22.7 Å². The van der Waals surface area contributed by atoms with Crippen LogP contribution in [-0.4, -0.2) is 11.9 Å². The number of benzene rings is 2. The van der Waals surface area contributed by atoms with Crippen LogP contribution >= 0.6 is 0 Å². The Balaban J connectivity index is 2.06. The number of esters is 2. The van der Waals surface area contributed by atoms with E-state index in [2.05, 4.69) is 20.1 Å². The van der Waals surface area contributed by atoms with Gasteiger partial charge < -0.3 is 9.47 Å². The third-order valence-electron chi connectivity index (χ3n) is 6.16. The average Bonchev–Trinajstić information content (AvgIpc) is 3.16. The van der Waals surface area contributed by atoms with Gasteiger partial charge in [0.05, 0.1) is 0 Å². The third kappa shape index (κ3) is 2.67. The van der Waals surface area contributed by atoms with Crippen LogP contribution in [0.25, 0.3) is 10.8 Å². The van der Waals surface area contributed by atoms with Crippen molar-refractivity contribution in [2.45, 2.75) is 45.4 Å². The molecule has 2 aromatic rings. The molecule has 0 aromatic heterocycles. The molecular weight excluding hydrogens is 352 g/mol. The Morgan fingerprint density at radius 2 is 1.68 bits per heavy atom. The number of hydrogen-bond donors (Lipinski definition) is 0. The zero-order valence-electron chi connectivity index (χ0n) is 16.5. The molecule has 1 fully saturated rings. The van der Waals surface area contributed by atoms with Crippen LogP contribution in [0, 0.1) is 12.8 Å². The van der Waals surface area contributed by atoms with Crippen LogP contribution in [0.15, 0.2) is 43.0 Å². The van der Waals surface area contributed by atoms with E-state index in [4.69, 9.17) is 9.47 Å². The fraction of sp³-hybridized carbons (Fsp3) is 0.333. The molecular formula is C24H24O4. The van der Waals surface area contributed by atoms with Crippen LogP contribution < -0.4 is 9.47 Å². The first kappa shape index (κ1) is 18.5. The van der Waals surface area contributed by atoms with Gasteiger partial charge in [0.25, 0.3) is 0 Å². The molecule has 0 aliphatic heterocycles. The molecule has 0 spiro atoms. The Morgan fingerprint density at radius 1 is 1.07 bits per heavy atom. The zero-order chi connectivity index (χ0) is 20.2. The molecule has 2 aromatic carbocycles. The number of carbonyl (C=O) groups is 2. The SMILES string of the molecule is C=CC(=O)Oc1c2c(c(OC(=O)C(=C)C)c3cc(C)ccc13)C1CCC2C1C. The molecule has 0 amide bonds. The van der Waals surface area contributed by atoms with Gasteiger partial charge in [-0.3, -0.25) is 0 Å². The minimum Gasteiger partial charge on any atom is -0.422 e. The molecule has 144 valence electrons. The van der Waals surface area contributed by atoms with E-state index in [9.17, 15) is 9.59 Å². The Kier molecular flexibility index (Phi) is 4.37. The maximum absolute atomic E-state index is 12.4. The maximum Gasteiger partial charge on any atom is 0.338 e. The lowest BCUT2D eigenvalue weighted by atomic mass is 9.87. The minimum atomic E-state index is -0.480. The van der Waals surface area contributed by atoms with E-state index in [-0.39, 0.29) is 0 Å². The number of fused-ring (bicyclic) bond motifs is 6. The summed E-state index contributed by atoms with van der Waals surface area (Å²) in [4.78, 5) is 24.5. The fourth-order valence-electron chi connectivity index (χ4n) is 4.84. The molecule has 2 aliphatic rings. The topological polar surface area (TPSA) is 52.6 Å². The quantitative estimate of drug-likeness (QED) is 0.411. The summed E-state index contributed by atoms with van der Waals surface area (Å²) in [6, 6.07) is 5.89. The van der Waals surface area contributed by atoms with E-state index in [0.717, 1.165) is 40.3 Å². The summed E-state index contributed by atoms with van der Waals surface area (Å²) in [7, 11) is 0. The van der Waals surface area contributed by atoms with Gasteiger partial charge in [0, 0.05) is 33.5 Å². The molecule has 2 bridgehead atoms. The molecule has 4 nitrogen and oxygen atoms in total. The summed E-state index contributed by atoms with van der Waals surface area (Å²) in [5.41, 5.74) is 3.42. The Morgan fingerprint density at radius 3 is 2.25 bits per heavy atom. The van der Waals surface area contributed by atoms with Crippen LogP contribution in [0.5, 0.6) is 11.5 Å². The summed E-state index contributed by atoms with van der Waals surface area (Å²) < 4.78 is 11.6. The monoisotopic (exact) mass is 376 g/mol. The van der Waals surface area contributed by atoms with Crippen molar-refractivity contribution in [3.8, 4) is 11.5 Å². The van der Waals surface area contributed by atoms with E-state index < -0.39 is 11.9 Å². The van der Waals surface area contributed by atoms with Gasteiger partial charge in [-0.25, -0.2) is 9.59 Å². The Hall–Kier alpha value is -2.88. The van der Waals surface area contributed by atoms with Gasteiger partial charge in [0.1, 0.15) is 11.5 Å². The fourth-order valence-corrected chi connectivity index (χ4v) is 4.84. The standard InChI is InChI=1S/C24H24O4/c1-6-19(25)27-22-17-8-7-13(4)11-18(17)23(28-24(26)12(2)3)21-16-10-9-15(14(16)5)20(21)22/h6-8,11,14-16H,1-2,9-10H2,3-5H3. The summed E-state index contributed by atoms with van der Waals surface area (Å²) in [6.07, 6.45) is 3.27. The summed E-state index contributed by atoms with van der Waals surface area (Å²) in [5, 5.41) is 1.57. The first-order valence-corrected chi connectivity index (χ1v) is 9.65. The minimum absolute atomic E-state index is 0.291. The van der Waals surface area contributed by atoms with E-state index in [1.165, 1.54) is 6.08 Å². The molecule has 3 unspecified atom stereocenters. The van der Waals surface area contributed by atoms with E-state index >= 15 is 0 Å². The normalized spacial score (nSPS) is 22.0. The number of aryl methyl sites for hydroxylation is 1. The van der Waals surface area contributed by atoms with Crippen molar-refractivity contribution in [3.05, 3.63) is 59.7 Å². The van der Waals surface area contributed by atoms with Crippen LogP contribution in [-0.2, 0) is 9.59 Å². The predicted octanol–water partition coefficient (Wildman–Crippen LogP) is 5.33. The zero-order valence-corrected chi connectivity index (χ0v) is 16.5. The van der Waals surface area contributed by atoms with Gasteiger partial charge in [-0.05, 0) is 50.5 Å². The van der Waals surface area contributed by atoms with Crippen molar-refractivity contribution in [2.75, 3.05) is 0 Å². The lowest BCUT2D eigenvalue weighted by molar-refractivity contribution is -0.130. The smallest absolute Gasteiger partial charge is 0.338 e. The van der Waals surface area contributed by atoms with Crippen LogP contribution in [0.1, 0.15) is 55.2 Å². The largest absolute Gasteiger partial charge is 0.422 e. The second-order valence-electron chi connectivity index (χ2n) is 7.98. The molecule has 2 aliphatic carbocycles.